The Balaban J connectivity index is 2.47. The summed E-state index contributed by atoms with van der Waals surface area (Å²) in [5.41, 5.74) is 3.61. The van der Waals surface area contributed by atoms with E-state index < -0.39 is 0 Å². The van der Waals surface area contributed by atoms with E-state index in [0.29, 0.717) is 5.41 Å². The Bertz CT molecular complexity index is 399. The molecular formula is C12H14N2. The Morgan fingerprint density at radius 3 is 2.93 bits per heavy atom. The van der Waals surface area contributed by atoms with Crippen LogP contribution in [0.5, 0.6) is 0 Å². The molecule has 0 amide bonds. The van der Waals surface area contributed by atoms with Crippen LogP contribution in [0.25, 0.3) is 0 Å². The summed E-state index contributed by atoms with van der Waals surface area (Å²) in [4.78, 5) is 4.11. The number of hydrogen-bond donors (Lipinski definition) is 0. The summed E-state index contributed by atoms with van der Waals surface area (Å²) >= 11 is 0. The van der Waals surface area contributed by atoms with Crippen molar-refractivity contribution in [1.29, 1.82) is 5.26 Å². The zero-order chi connectivity index (χ0) is 10.2. The third-order valence-electron chi connectivity index (χ3n) is 2.99. The lowest BCUT2D eigenvalue weighted by Gasteiger charge is -2.31. The van der Waals surface area contributed by atoms with Gasteiger partial charge < -0.3 is 0 Å². The lowest BCUT2D eigenvalue weighted by Crippen LogP contribution is -2.23. The highest BCUT2D eigenvalue weighted by atomic mass is 14.6. The highest BCUT2D eigenvalue weighted by molar-refractivity contribution is 5.42. The molecule has 1 aliphatic carbocycles. The molecule has 72 valence electrons. The van der Waals surface area contributed by atoms with Gasteiger partial charge in [-0.15, -0.1) is 0 Å². The van der Waals surface area contributed by atoms with Gasteiger partial charge in [-0.1, -0.05) is 13.8 Å². The van der Waals surface area contributed by atoms with E-state index in [1.807, 2.05) is 6.20 Å². The third kappa shape index (κ3) is 1.50. The largest absolute Gasteiger partial charge is 0.263 e. The van der Waals surface area contributed by atoms with Gasteiger partial charge in [0.15, 0.2) is 0 Å². The number of aromatic nitrogens is 1. The molecule has 1 aliphatic rings. The first-order valence-electron chi connectivity index (χ1n) is 4.98. The average molecular weight is 186 g/mol. The third-order valence-corrected chi connectivity index (χ3v) is 2.99. The van der Waals surface area contributed by atoms with Crippen LogP contribution in [-0.2, 0) is 12.8 Å². The molecule has 0 radical (unpaired) electrons. The molecular weight excluding hydrogens is 172 g/mol. The van der Waals surface area contributed by atoms with Crippen LogP contribution in [-0.4, -0.2) is 4.98 Å². The van der Waals surface area contributed by atoms with Crippen LogP contribution in [0.3, 0.4) is 0 Å². The Morgan fingerprint density at radius 2 is 2.21 bits per heavy atom. The summed E-state index contributed by atoms with van der Waals surface area (Å²) in [6.07, 6.45) is 6.82. The van der Waals surface area contributed by atoms with Crippen LogP contribution >= 0.6 is 0 Å². The molecule has 0 atom stereocenters. The van der Waals surface area contributed by atoms with Gasteiger partial charge in [-0.25, -0.2) is 0 Å². The zero-order valence-corrected chi connectivity index (χ0v) is 8.67. The standard InChI is InChI=1S/C12H14N2/c1-12(2)4-3-11-9(5-12)7-14-8-10(11)6-13/h7-8H,3-5H2,1-2H3. The molecule has 2 heteroatoms. The number of fused-ring (bicyclic) bond motifs is 1. The first kappa shape index (κ1) is 9.21. The van der Waals surface area contributed by atoms with E-state index in [0.717, 1.165) is 18.4 Å². The zero-order valence-electron chi connectivity index (χ0n) is 8.67. The molecule has 0 saturated heterocycles. The van der Waals surface area contributed by atoms with Crippen molar-refractivity contribution >= 4 is 0 Å². The summed E-state index contributed by atoms with van der Waals surface area (Å²) < 4.78 is 0. The van der Waals surface area contributed by atoms with Gasteiger partial charge >= 0.3 is 0 Å². The summed E-state index contributed by atoms with van der Waals surface area (Å²) in [5, 5.41) is 8.93. The fourth-order valence-electron chi connectivity index (χ4n) is 2.14. The van der Waals surface area contributed by atoms with Gasteiger partial charge in [0.1, 0.15) is 6.07 Å². The molecule has 1 heterocycles. The molecule has 0 fully saturated rings. The van der Waals surface area contributed by atoms with Crippen molar-refractivity contribution in [2.45, 2.75) is 33.1 Å². The highest BCUT2D eigenvalue weighted by Gasteiger charge is 2.26. The monoisotopic (exact) mass is 186 g/mol. The first-order chi connectivity index (χ1) is 6.62. The van der Waals surface area contributed by atoms with Gasteiger partial charge in [0.05, 0.1) is 5.56 Å². The maximum atomic E-state index is 8.93. The van der Waals surface area contributed by atoms with Crippen LogP contribution in [0.2, 0.25) is 0 Å². The Hall–Kier alpha value is -1.36. The van der Waals surface area contributed by atoms with Crippen molar-refractivity contribution in [3.05, 3.63) is 29.1 Å². The molecule has 0 bridgehead atoms. The molecule has 14 heavy (non-hydrogen) atoms. The Kier molecular flexibility index (Phi) is 2.03. The lowest BCUT2D eigenvalue weighted by atomic mass is 9.74. The van der Waals surface area contributed by atoms with Crippen LogP contribution in [0.1, 0.15) is 37.0 Å². The van der Waals surface area contributed by atoms with Crippen molar-refractivity contribution in [3.63, 3.8) is 0 Å². The first-order valence-corrected chi connectivity index (χ1v) is 4.98. The lowest BCUT2D eigenvalue weighted by molar-refractivity contribution is 0.314. The van der Waals surface area contributed by atoms with Gasteiger partial charge in [0.2, 0.25) is 0 Å². The smallest absolute Gasteiger partial charge is 0.101 e. The second kappa shape index (κ2) is 3.09. The number of rotatable bonds is 0. The summed E-state index contributed by atoms with van der Waals surface area (Å²) in [6, 6.07) is 2.22. The average Bonchev–Trinajstić information content (AvgIpc) is 2.15. The number of hydrogen-bond acceptors (Lipinski definition) is 2. The number of nitrogens with zero attached hydrogens (tertiary/aromatic N) is 2. The second-order valence-corrected chi connectivity index (χ2v) is 4.78. The van der Waals surface area contributed by atoms with E-state index in [4.69, 9.17) is 5.26 Å². The second-order valence-electron chi connectivity index (χ2n) is 4.78. The van der Waals surface area contributed by atoms with E-state index >= 15 is 0 Å². The fourth-order valence-corrected chi connectivity index (χ4v) is 2.14. The molecule has 0 saturated carbocycles. The molecule has 1 aromatic rings. The molecule has 2 nitrogen and oxygen atoms in total. The van der Waals surface area contributed by atoms with Gasteiger partial charge in [-0.05, 0) is 35.8 Å². The molecule has 0 spiro atoms. The van der Waals surface area contributed by atoms with Crippen molar-refractivity contribution in [2.24, 2.45) is 5.41 Å². The van der Waals surface area contributed by atoms with E-state index in [9.17, 15) is 0 Å². The van der Waals surface area contributed by atoms with E-state index in [1.165, 1.54) is 17.5 Å². The fraction of sp³-hybridized carbons (Fsp3) is 0.500. The van der Waals surface area contributed by atoms with E-state index in [1.54, 1.807) is 6.20 Å². The molecule has 1 aromatic heterocycles. The van der Waals surface area contributed by atoms with Gasteiger partial charge in [0.25, 0.3) is 0 Å². The minimum absolute atomic E-state index is 0.364. The molecule has 2 rings (SSSR count). The SMILES string of the molecule is CC1(C)CCc2c(C#N)cncc2C1. The molecule has 0 aromatic carbocycles. The van der Waals surface area contributed by atoms with Crippen LogP contribution in [0, 0.1) is 16.7 Å². The van der Waals surface area contributed by atoms with Crippen molar-refractivity contribution in [2.75, 3.05) is 0 Å². The van der Waals surface area contributed by atoms with Gasteiger partial charge in [0, 0.05) is 12.4 Å². The maximum absolute atomic E-state index is 8.93. The summed E-state index contributed by atoms with van der Waals surface area (Å²) in [7, 11) is 0. The molecule has 0 aliphatic heterocycles. The normalized spacial score (nSPS) is 18.4. The van der Waals surface area contributed by atoms with Gasteiger partial charge in [-0.3, -0.25) is 4.98 Å². The van der Waals surface area contributed by atoms with Crippen molar-refractivity contribution in [1.82, 2.24) is 4.98 Å². The van der Waals surface area contributed by atoms with Crippen molar-refractivity contribution < 1.29 is 0 Å². The Labute approximate surface area is 84.6 Å². The van der Waals surface area contributed by atoms with Crippen LogP contribution < -0.4 is 0 Å². The van der Waals surface area contributed by atoms with E-state index in [-0.39, 0.29) is 0 Å². The maximum Gasteiger partial charge on any atom is 0.101 e. The quantitative estimate of drug-likeness (QED) is 0.624. The van der Waals surface area contributed by atoms with Crippen LogP contribution in [0.15, 0.2) is 12.4 Å². The predicted octanol–water partition coefficient (Wildman–Crippen LogP) is 2.47. The minimum atomic E-state index is 0.364. The molecule has 0 N–H and O–H groups in total. The minimum Gasteiger partial charge on any atom is -0.263 e. The molecule has 0 unspecified atom stereocenters. The van der Waals surface area contributed by atoms with Crippen molar-refractivity contribution in [3.8, 4) is 6.07 Å². The number of pyridine rings is 1. The predicted molar refractivity (Wildman–Crippen MR) is 54.8 cm³/mol. The number of nitriles is 1. The summed E-state index contributed by atoms with van der Waals surface area (Å²) in [6.45, 7) is 4.55. The highest BCUT2D eigenvalue weighted by Crippen LogP contribution is 2.35. The Morgan fingerprint density at radius 1 is 1.43 bits per heavy atom. The van der Waals surface area contributed by atoms with Crippen LogP contribution in [0.4, 0.5) is 0 Å². The summed E-state index contributed by atoms with van der Waals surface area (Å²) in [5.74, 6) is 0. The topological polar surface area (TPSA) is 36.7 Å². The van der Waals surface area contributed by atoms with Gasteiger partial charge in [-0.2, -0.15) is 5.26 Å². The van der Waals surface area contributed by atoms with E-state index in [2.05, 4.69) is 24.9 Å².